The van der Waals surface area contributed by atoms with Crippen LogP contribution < -0.4 is 0 Å². The second-order valence-corrected chi connectivity index (χ2v) is 20.0. The standard InChI is InChI=1S/C52H96O12S/c1-3-5-7-9-11-13-15-17-19-21-22-23-25-26-28-30-32-34-36-38-40-47(53)61-42-45(43-62-52-51(57)50(56)49(55)46(64-52)44-65(58,59)60)63-48(54)41-39-37-35-33-31-29-27-24-20-18-16-14-12-10-8-6-4-2/h27,29,33,35,45-46,49-52,55-57H,3-26,28,30-32,34,36-44H2,1-2H3,(H,58,59,60)/b29-27+,35-33+/t45-,46-,49-,50?,51?,52+/m1/s1. The minimum absolute atomic E-state index is 0.104. The van der Waals surface area contributed by atoms with Crippen LogP contribution in [-0.2, 0) is 38.7 Å². The van der Waals surface area contributed by atoms with Gasteiger partial charge < -0.3 is 34.3 Å². The van der Waals surface area contributed by atoms with E-state index in [1.165, 1.54) is 161 Å². The first-order valence-corrected chi connectivity index (χ1v) is 28.0. The van der Waals surface area contributed by atoms with Crippen LogP contribution in [0.1, 0.15) is 239 Å². The molecule has 0 bridgehead atoms. The summed E-state index contributed by atoms with van der Waals surface area (Å²) in [5.74, 6) is -2.03. The molecular weight excluding hydrogens is 849 g/mol. The summed E-state index contributed by atoms with van der Waals surface area (Å²) < 4.78 is 54.2. The average Bonchev–Trinajstić information content (AvgIpc) is 3.27. The number of unbranched alkanes of at least 4 members (excludes halogenated alkanes) is 29. The zero-order valence-electron chi connectivity index (χ0n) is 41.1. The van der Waals surface area contributed by atoms with Gasteiger partial charge in [0.1, 0.15) is 36.8 Å². The fourth-order valence-electron chi connectivity index (χ4n) is 8.19. The lowest BCUT2D eigenvalue weighted by Gasteiger charge is -2.40. The van der Waals surface area contributed by atoms with Gasteiger partial charge in [-0.1, -0.05) is 212 Å². The van der Waals surface area contributed by atoms with Crippen molar-refractivity contribution in [2.24, 2.45) is 0 Å². The van der Waals surface area contributed by atoms with Crippen molar-refractivity contribution in [3.05, 3.63) is 24.3 Å². The molecule has 0 aromatic rings. The van der Waals surface area contributed by atoms with Gasteiger partial charge in [-0.05, 0) is 38.5 Å². The van der Waals surface area contributed by atoms with E-state index in [1.54, 1.807) is 0 Å². The van der Waals surface area contributed by atoms with E-state index in [2.05, 4.69) is 32.1 Å². The molecule has 1 heterocycles. The molecule has 382 valence electrons. The molecule has 2 unspecified atom stereocenters. The van der Waals surface area contributed by atoms with Crippen LogP contribution in [0.5, 0.6) is 0 Å². The molecule has 1 rings (SSSR count). The Morgan fingerprint density at radius 1 is 0.523 bits per heavy atom. The Hall–Kier alpha value is -1.87. The number of hydrogen-bond acceptors (Lipinski definition) is 11. The lowest BCUT2D eigenvalue weighted by atomic mass is 10.00. The number of aliphatic hydroxyl groups is 3. The Balaban J connectivity index is 2.37. The van der Waals surface area contributed by atoms with Gasteiger partial charge in [0.05, 0.1) is 6.61 Å². The molecule has 0 aliphatic carbocycles. The molecule has 1 aliphatic rings. The van der Waals surface area contributed by atoms with Crippen LogP contribution in [0.3, 0.4) is 0 Å². The van der Waals surface area contributed by atoms with Gasteiger partial charge in [0.15, 0.2) is 12.4 Å². The minimum Gasteiger partial charge on any atom is -0.462 e. The van der Waals surface area contributed by atoms with Crippen LogP contribution in [0, 0.1) is 0 Å². The van der Waals surface area contributed by atoms with Gasteiger partial charge in [0, 0.05) is 12.8 Å². The van der Waals surface area contributed by atoms with Crippen molar-refractivity contribution in [1.82, 2.24) is 0 Å². The molecular formula is C52H96O12S. The molecule has 12 nitrogen and oxygen atoms in total. The third-order valence-electron chi connectivity index (χ3n) is 12.3. The van der Waals surface area contributed by atoms with E-state index in [0.29, 0.717) is 19.3 Å². The van der Waals surface area contributed by atoms with E-state index >= 15 is 0 Å². The van der Waals surface area contributed by atoms with Crippen LogP contribution in [0.15, 0.2) is 24.3 Å². The predicted molar refractivity (Wildman–Crippen MR) is 261 cm³/mol. The zero-order chi connectivity index (χ0) is 47.6. The number of ether oxygens (including phenoxy) is 4. The number of carbonyl (C=O) groups excluding carboxylic acids is 2. The van der Waals surface area contributed by atoms with Gasteiger partial charge in [-0.3, -0.25) is 14.1 Å². The molecule has 0 amide bonds. The highest BCUT2D eigenvalue weighted by Crippen LogP contribution is 2.24. The van der Waals surface area contributed by atoms with Crippen LogP contribution in [-0.4, -0.2) is 96.0 Å². The first-order valence-electron chi connectivity index (χ1n) is 26.4. The van der Waals surface area contributed by atoms with Crippen molar-refractivity contribution in [3.8, 4) is 0 Å². The highest BCUT2D eigenvalue weighted by molar-refractivity contribution is 7.85. The minimum atomic E-state index is -4.61. The van der Waals surface area contributed by atoms with Gasteiger partial charge in [-0.15, -0.1) is 0 Å². The van der Waals surface area contributed by atoms with Gasteiger partial charge in [0.25, 0.3) is 10.1 Å². The van der Waals surface area contributed by atoms with E-state index < -0.39 is 71.2 Å². The molecule has 65 heavy (non-hydrogen) atoms. The number of rotatable bonds is 45. The number of esters is 2. The fourth-order valence-corrected chi connectivity index (χ4v) is 8.88. The van der Waals surface area contributed by atoms with E-state index in [9.17, 15) is 37.9 Å². The molecule has 6 atom stereocenters. The van der Waals surface area contributed by atoms with Crippen LogP contribution in [0.4, 0.5) is 0 Å². The Morgan fingerprint density at radius 2 is 0.938 bits per heavy atom. The number of allylic oxidation sites excluding steroid dienone is 4. The Labute approximate surface area is 396 Å². The molecule has 13 heteroatoms. The maximum atomic E-state index is 12.8. The van der Waals surface area contributed by atoms with E-state index in [-0.39, 0.29) is 19.4 Å². The van der Waals surface area contributed by atoms with Crippen LogP contribution >= 0.6 is 0 Å². The van der Waals surface area contributed by atoms with Gasteiger partial charge in [-0.25, -0.2) is 0 Å². The molecule has 4 N–H and O–H groups in total. The summed E-state index contributed by atoms with van der Waals surface area (Å²) in [6.45, 7) is 3.77. The summed E-state index contributed by atoms with van der Waals surface area (Å²) in [6.07, 6.45) is 39.4. The van der Waals surface area contributed by atoms with Gasteiger partial charge in [0.2, 0.25) is 0 Å². The van der Waals surface area contributed by atoms with Gasteiger partial charge in [-0.2, -0.15) is 8.42 Å². The number of carbonyl (C=O) groups is 2. The van der Waals surface area contributed by atoms with Crippen molar-refractivity contribution in [1.29, 1.82) is 0 Å². The summed E-state index contributed by atoms with van der Waals surface area (Å²) in [7, 11) is -4.61. The van der Waals surface area contributed by atoms with E-state index in [4.69, 9.17) is 18.9 Å². The fraction of sp³-hybridized carbons (Fsp3) is 0.885. The zero-order valence-corrected chi connectivity index (χ0v) is 41.9. The Bertz CT molecular complexity index is 1290. The summed E-state index contributed by atoms with van der Waals surface area (Å²) in [5, 5.41) is 31.0. The first-order chi connectivity index (χ1) is 31.5. The van der Waals surface area contributed by atoms with Crippen molar-refractivity contribution >= 4 is 22.1 Å². The SMILES string of the molecule is CCCCCCCCCCC/C=C/C/C=C/CCCC(=O)O[C@H](COC(=O)CCCCCCCCCCCCCCCCCCCCCC)CO[C@H]1O[C@H](CS(=O)(=O)O)[C@@H](O)C(O)C1O. The van der Waals surface area contributed by atoms with Crippen molar-refractivity contribution in [2.75, 3.05) is 19.0 Å². The molecule has 0 spiro atoms. The maximum absolute atomic E-state index is 12.8. The Morgan fingerprint density at radius 3 is 1.40 bits per heavy atom. The normalized spacial score (nSPS) is 19.6. The lowest BCUT2D eigenvalue weighted by Crippen LogP contribution is -2.60. The molecule has 0 radical (unpaired) electrons. The quantitative estimate of drug-likeness (QED) is 0.0196. The third kappa shape index (κ3) is 36.8. The molecule has 1 saturated heterocycles. The molecule has 0 aromatic carbocycles. The highest BCUT2D eigenvalue weighted by atomic mass is 32.2. The summed E-state index contributed by atoms with van der Waals surface area (Å²) in [5.41, 5.74) is 0. The van der Waals surface area contributed by atoms with Crippen LogP contribution in [0.25, 0.3) is 0 Å². The molecule has 1 fully saturated rings. The van der Waals surface area contributed by atoms with Crippen molar-refractivity contribution in [3.63, 3.8) is 0 Å². The van der Waals surface area contributed by atoms with Gasteiger partial charge >= 0.3 is 11.9 Å². The Kier molecular flexibility index (Phi) is 39.7. The summed E-state index contributed by atoms with van der Waals surface area (Å²) >= 11 is 0. The second-order valence-electron chi connectivity index (χ2n) is 18.5. The number of hydrogen-bond donors (Lipinski definition) is 4. The van der Waals surface area contributed by atoms with E-state index in [1.807, 2.05) is 6.08 Å². The van der Waals surface area contributed by atoms with Crippen molar-refractivity contribution < 1.29 is 56.8 Å². The van der Waals surface area contributed by atoms with Crippen molar-refractivity contribution in [2.45, 2.75) is 275 Å². The molecule has 0 saturated carbocycles. The molecule has 0 aromatic heterocycles. The third-order valence-corrected chi connectivity index (χ3v) is 13.0. The largest absolute Gasteiger partial charge is 0.462 e. The molecule has 1 aliphatic heterocycles. The maximum Gasteiger partial charge on any atom is 0.306 e. The predicted octanol–water partition coefficient (Wildman–Crippen LogP) is 12.0. The lowest BCUT2D eigenvalue weighted by molar-refractivity contribution is -0.297. The topological polar surface area (TPSA) is 186 Å². The second kappa shape index (κ2) is 42.2. The summed E-state index contributed by atoms with van der Waals surface area (Å²) in [6, 6.07) is 0. The first kappa shape index (κ1) is 61.1. The smallest absolute Gasteiger partial charge is 0.306 e. The summed E-state index contributed by atoms with van der Waals surface area (Å²) in [4.78, 5) is 25.5. The highest BCUT2D eigenvalue weighted by Gasteiger charge is 2.46. The average molecular weight is 945 g/mol. The number of aliphatic hydroxyl groups excluding tert-OH is 3. The monoisotopic (exact) mass is 945 g/mol. The van der Waals surface area contributed by atoms with E-state index in [0.717, 1.165) is 32.1 Å². The van der Waals surface area contributed by atoms with Crippen LogP contribution in [0.2, 0.25) is 0 Å².